The lowest BCUT2D eigenvalue weighted by atomic mass is 9.54. The fourth-order valence-corrected chi connectivity index (χ4v) is 3.85. The summed E-state index contributed by atoms with van der Waals surface area (Å²) in [7, 11) is 0. The summed E-state index contributed by atoms with van der Waals surface area (Å²) in [6.45, 7) is 2.96. The van der Waals surface area contributed by atoms with Crippen LogP contribution < -0.4 is 0 Å². The van der Waals surface area contributed by atoms with Crippen LogP contribution in [0, 0.1) is 23.7 Å². The third-order valence-corrected chi connectivity index (χ3v) is 4.50. The van der Waals surface area contributed by atoms with E-state index in [9.17, 15) is 15.0 Å². The second-order valence-electron chi connectivity index (χ2n) is 5.52. The topological polar surface area (TPSA) is 77.8 Å². The zero-order chi connectivity index (χ0) is 12.6. The largest absolute Gasteiger partial charge is 0.478 e. The Bertz CT molecular complexity index is 297. The highest BCUT2D eigenvalue weighted by Crippen LogP contribution is 2.53. The quantitative estimate of drug-likeness (QED) is 0.598. The van der Waals surface area contributed by atoms with Crippen LogP contribution in [0.1, 0.15) is 25.7 Å². The van der Waals surface area contributed by atoms with Crippen molar-refractivity contribution in [1.82, 2.24) is 0 Å². The maximum absolute atomic E-state index is 9.84. The Hall–Kier alpha value is -0.870. The molecule has 0 aromatic carbocycles. The van der Waals surface area contributed by atoms with Crippen LogP contribution in [0.3, 0.4) is 0 Å². The molecule has 4 aliphatic carbocycles. The predicted octanol–water partition coefficient (Wildman–Crippen LogP) is 1.03. The van der Waals surface area contributed by atoms with Crippen LogP contribution in [0.4, 0.5) is 0 Å². The van der Waals surface area contributed by atoms with Gasteiger partial charge in [0.05, 0.1) is 12.2 Å². The zero-order valence-corrected chi connectivity index (χ0v) is 9.83. The van der Waals surface area contributed by atoms with Crippen LogP contribution in [0.15, 0.2) is 12.7 Å². The number of hydrogen-bond acceptors (Lipinski definition) is 3. The first-order chi connectivity index (χ1) is 8.02. The van der Waals surface area contributed by atoms with Gasteiger partial charge >= 0.3 is 5.97 Å². The second kappa shape index (κ2) is 4.78. The molecule has 4 rings (SSSR count). The van der Waals surface area contributed by atoms with Gasteiger partial charge in [-0.05, 0) is 43.4 Å². The number of aliphatic hydroxyl groups excluding tert-OH is 2. The average Bonchev–Trinajstić information content (AvgIpc) is 2.31. The number of aliphatic hydroxyl groups is 2. The first-order valence-electron chi connectivity index (χ1n) is 6.24. The van der Waals surface area contributed by atoms with E-state index in [0.29, 0.717) is 11.8 Å². The van der Waals surface area contributed by atoms with Gasteiger partial charge < -0.3 is 15.3 Å². The molecular weight excluding hydrogens is 220 g/mol. The maximum atomic E-state index is 9.84. The fraction of sp³-hybridized carbons (Fsp3) is 0.769. The molecule has 0 radical (unpaired) electrons. The van der Waals surface area contributed by atoms with Gasteiger partial charge in [0, 0.05) is 12.0 Å². The van der Waals surface area contributed by atoms with E-state index in [1.807, 2.05) is 0 Å². The molecule has 4 heteroatoms. The molecule has 0 aromatic rings. The van der Waals surface area contributed by atoms with Gasteiger partial charge in [0.25, 0.3) is 0 Å². The fourth-order valence-electron chi connectivity index (χ4n) is 3.85. The average molecular weight is 240 g/mol. The Labute approximate surface area is 101 Å². The van der Waals surface area contributed by atoms with E-state index >= 15 is 0 Å². The minimum atomic E-state index is -0.981. The Morgan fingerprint density at radius 3 is 1.94 bits per heavy atom. The van der Waals surface area contributed by atoms with Crippen molar-refractivity contribution in [3.63, 3.8) is 0 Å². The summed E-state index contributed by atoms with van der Waals surface area (Å²) in [5.41, 5.74) is 0. The van der Waals surface area contributed by atoms with Gasteiger partial charge in [-0.15, -0.1) is 0 Å². The highest BCUT2D eigenvalue weighted by atomic mass is 16.4. The number of hydrogen-bond donors (Lipinski definition) is 3. The Balaban J connectivity index is 0.000000188. The Morgan fingerprint density at radius 1 is 1.06 bits per heavy atom. The lowest BCUT2D eigenvalue weighted by molar-refractivity contribution is -0.161. The Morgan fingerprint density at radius 2 is 1.53 bits per heavy atom. The van der Waals surface area contributed by atoms with Crippen molar-refractivity contribution >= 4 is 5.97 Å². The smallest absolute Gasteiger partial charge is 0.327 e. The molecule has 0 aliphatic heterocycles. The van der Waals surface area contributed by atoms with E-state index in [1.165, 1.54) is 12.8 Å². The summed E-state index contributed by atoms with van der Waals surface area (Å²) in [6, 6.07) is 0. The van der Waals surface area contributed by atoms with Crippen molar-refractivity contribution in [2.75, 3.05) is 0 Å². The molecule has 96 valence electrons. The summed E-state index contributed by atoms with van der Waals surface area (Å²) in [5.74, 6) is 1.11. The first-order valence-corrected chi connectivity index (χ1v) is 6.24. The highest BCUT2D eigenvalue weighted by Gasteiger charge is 2.52. The van der Waals surface area contributed by atoms with Crippen LogP contribution >= 0.6 is 0 Å². The number of rotatable bonds is 1. The van der Waals surface area contributed by atoms with Gasteiger partial charge in [-0.25, -0.2) is 4.79 Å². The van der Waals surface area contributed by atoms with Crippen LogP contribution in [-0.2, 0) is 4.79 Å². The molecule has 4 aliphatic rings. The van der Waals surface area contributed by atoms with Gasteiger partial charge in [0.1, 0.15) is 0 Å². The predicted molar refractivity (Wildman–Crippen MR) is 62.3 cm³/mol. The van der Waals surface area contributed by atoms with Crippen molar-refractivity contribution in [2.24, 2.45) is 23.7 Å². The second-order valence-corrected chi connectivity index (χ2v) is 5.52. The van der Waals surface area contributed by atoms with Crippen LogP contribution in [0.5, 0.6) is 0 Å². The molecule has 4 atom stereocenters. The summed E-state index contributed by atoms with van der Waals surface area (Å²) >= 11 is 0. The van der Waals surface area contributed by atoms with E-state index in [0.717, 1.165) is 24.8 Å². The maximum Gasteiger partial charge on any atom is 0.327 e. The number of carboxylic acids is 1. The molecule has 0 saturated heterocycles. The summed E-state index contributed by atoms with van der Waals surface area (Å²) in [6.07, 6.45) is 5.06. The molecule has 4 nitrogen and oxygen atoms in total. The van der Waals surface area contributed by atoms with Gasteiger partial charge in [-0.1, -0.05) is 6.58 Å². The van der Waals surface area contributed by atoms with Gasteiger partial charge in [-0.2, -0.15) is 0 Å². The molecule has 0 heterocycles. The van der Waals surface area contributed by atoms with E-state index in [2.05, 4.69) is 6.58 Å². The van der Waals surface area contributed by atoms with Crippen LogP contribution in [0.2, 0.25) is 0 Å². The molecule has 4 fully saturated rings. The van der Waals surface area contributed by atoms with E-state index in [1.54, 1.807) is 0 Å². The first kappa shape index (κ1) is 12.6. The summed E-state index contributed by atoms with van der Waals surface area (Å²) in [4.78, 5) is 9.25. The standard InChI is InChI=1S/C10H16O2.C3H4O2/c11-9-6-1-5-2-7(4-6)10(12)8(9)3-5;1-2-3(4)5/h5-12H,1-4H2;2H,1H2,(H,4,5). The van der Waals surface area contributed by atoms with Crippen LogP contribution in [0.25, 0.3) is 0 Å². The minimum Gasteiger partial charge on any atom is -0.478 e. The molecule has 0 amide bonds. The number of carbonyl (C=O) groups is 1. The lowest BCUT2D eigenvalue weighted by Crippen LogP contribution is -2.55. The SMILES string of the molecule is C=CC(=O)O.OC1C2CC3CC(C2)C(O)C1C3. The molecule has 0 spiro atoms. The lowest BCUT2D eigenvalue weighted by Gasteiger charge is -2.55. The normalized spacial score (nSPS) is 46.0. The molecule has 0 aromatic heterocycles. The van der Waals surface area contributed by atoms with Crippen molar-refractivity contribution in [3.05, 3.63) is 12.7 Å². The van der Waals surface area contributed by atoms with Crippen LogP contribution in [-0.4, -0.2) is 33.5 Å². The molecule has 4 saturated carbocycles. The molecule has 4 bridgehead atoms. The third kappa shape index (κ3) is 2.38. The van der Waals surface area contributed by atoms with Crippen molar-refractivity contribution < 1.29 is 20.1 Å². The van der Waals surface area contributed by atoms with E-state index in [4.69, 9.17) is 5.11 Å². The van der Waals surface area contributed by atoms with Crippen molar-refractivity contribution in [3.8, 4) is 0 Å². The summed E-state index contributed by atoms with van der Waals surface area (Å²) in [5, 5.41) is 27.3. The molecule has 3 N–H and O–H groups in total. The monoisotopic (exact) mass is 240 g/mol. The highest BCUT2D eigenvalue weighted by molar-refractivity contribution is 5.78. The third-order valence-electron chi connectivity index (χ3n) is 4.50. The van der Waals surface area contributed by atoms with E-state index in [-0.39, 0.29) is 18.1 Å². The number of carboxylic acid groups (broad SMARTS) is 1. The van der Waals surface area contributed by atoms with E-state index < -0.39 is 5.97 Å². The molecule has 17 heavy (non-hydrogen) atoms. The summed E-state index contributed by atoms with van der Waals surface area (Å²) < 4.78 is 0. The molecule has 4 unspecified atom stereocenters. The van der Waals surface area contributed by atoms with Crippen molar-refractivity contribution in [1.29, 1.82) is 0 Å². The Kier molecular flexibility index (Phi) is 3.54. The molecular formula is C13H20O4. The minimum absolute atomic E-state index is 0.187. The van der Waals surface area contributed by atoms with Gasteiger partial charge in [0.2, 0.25) is 0 Å². The zero-order valence-electron chi connectivity index (χ0n) is 9.83. The number of aliphatic carboxylic acids is 1. The van der Waals surface area contributed by atoms with Gasteiger partial charge in [-0.3, -0.25) is 0 Å². The van der Waals surface area contributed by atoms with Gasteiger partial charge in [0.15, 0.2) is 0 Å². The van der Waals surface area contributed by atoms with Crippen molar-refractivity contribution in [2.45, 2.75) is 37.9 Å².